The summed E-state index contributed by atoms with van der Waals surface area (Å²) in [6.45, 7) is 2.48. The summed E-state index contributed by atoms with van der Waals surface area (Å²) in [6, 6.07) is 8.93. The van der Waals surface area contributed by atoms with Crippen molar-refractivity contribution in [2.75, 3.05) is 0 Å². The molecule has 1 aromatic rings. The van der Waals surface area contributed by atoms with Crippen LogP contribution in [0.4, 0.5) is 0 Å². The van der Waals surface area contributed by atoms with Gasteiger partial charge in [0.15, 0.2) is 0 Å². The van der Waals surface area contributed by atoms with E-state index in [0.29, 0.717) is 16.7 Å². The zero-order valence-electron chi connectivity index (χ0n) is 14.9. The van der Waals surface area contributed by atoms with Crippen molar-refractivity contribution in [3.8, 4) is 0 Å². The molecule has 132 valence electrons. The number of rotatable bonds is 2. The van der Waals surface area contributed by atoms with Crippen LogP contribution < -0.4 is 11.5 Å². The fourth-order valence-electron chi connectivity index (χ4n) is 5.54. The third-order valence-corrected chi connectivity index (χ3v) is 7.61. The van der Waals surface area contributed by atoms with Gasteiger partial charge in [0.25, 0.3) is 0 Å². The number of nitrogens with two attached hydrogens (primary N) is 2. The van der Waals surface area contributed by atoms with Gasteiger partial charge in [0, 0.05) is 12.1 Å². The Bertz CT molecular complexity index is 560. The maximum atomic E-state index is 9.97. The van der Waals surface area contributed by atoms with E-state index in [-0.39, 0.29) is 12.1 Å². The van der Waals surface area contributed by atoms with E-state index in [2.05, 4.69) is 31.2 Å². The van der Waals surface area contributed by atoms with Gasteiger partial charge in [-0.15, -0.1) is 0 Å². The molecular weight excluding hydrogens is 296 g/mol. The van der Waals surface area contributed by atoms with Gasteiger partial charge in [0.2, 0.25) is 0 Å². The summed E-state index contributed by atoms with van der Waals surface area (Å²) in [7, 11) is 0. The van der Waals surface area contributed by atoms with Crippen molar-refractivity contribution >= 4 is 0 Å². The van der Waals surface area contributed by atoms with Crippen molar-refractivity contribution in [1.29, 1.82) is 0 Å². The smallest absolute Gasteiger partial charge is 0.0842 e. The first-order chi connectivity index (χ1) is 11.4. The highest BCUT2D eigenvalue weighted by Gasteiger charge is 2.46. The fourth-order valence-corrected chi connectivity index (χ4v) is 5.54. The van der Waals surface area contributed by atoms with E-state index < -0.39 is 6.10 Å². The van der Waals surface area contributed by atoms with Gasteiger partial charge >= 0.3 is 0 Å². The molecule has 0 amide bonds. The van der Waals surface area contributed by atoms with Gasteiger partial charge in [-0.1, -0.05) is 31.2 Å². The van der Waals surface area contributed by atoms with Gasteiger partial charge in [0.05, 0.1) is 6.10 Å². The van der Waals surface area contributed by atoms with Crippen molar-refractivity contribution < 1.29 is 5.11 Å². The molecule has 3 nitrogen and oxygen atoms in total. The van der Waals surface area contributed by atoms with E-state index in [1.807, 2.05) is 0 Å². The molecule has 4 fully saturated rings. The second-order valence-electron chi connectivity index (χ2n) is 9.20. The van der Waals surface area contributed by atoms with Crippen LogP contribution >= 0.6 is 0 Å². The second kappa shape index (κ2) is 5.82. The number of hydrogen-bond donors (Lipinski definition) is 3. The monoisotopic (exact) mass is 328 g/mol. The largest absolute Gasteiger partial charge is 0.390 e. The van der Waals surface area contributed by atoms with E-state index in [1.54, 1.807) is 0 Å². The third-order valence-electron chi connectivity index (χ3n) is 7.61. The molecule has 0 spiro atoms. The minimum atomic E-state index is -0.557. The normalized spacial score (nSPS) is 45.3. The van der Waals surface area contributed by atoms with Gasteiger partial charge in [0.1, 0.15) is 0 Å². The number of fused-ring (bicyclic) bond motifs is 3. The third kappa shape index (κ3) is 2.71. The number of aliphatic hydroxyl groups is 1. The minimum Gasteiger partial charge on any atom is -0.390 e. The van der Waals surface area contributed by atoms with E-state index >= 15 is 0 Å². The van der Waals surface area contributed by atoms with Crippen molar-refractivity contribution in [2.45, 2.75) is 87.8 Å². The van der Waals surface area contributed by atoms with Crippen LogP contribution in [0.1, 0.15) is 75.3 Å². The lowest BCUT2D eigenvalue weighted by Gasteiger charge is -2.52. The van der Waals surface area contributed by atoms with E-state index in [1.165, 1.54) is 49.7 Å². The summed E-state index contributed by atoms with van der Waals surface area (Å²) >= 11 is 0. The van der Waals surface area contributed by atoms with Gasteiger partial charge < -0.3 is 16.6 Å². The maximum Gasteiger partial charge on any atom is 0.0842 e. The van der Waals surface area contributed by atoms with Gasteiger partial charge in [-0.3, -0.25) is 0 Å². The predicted molar refractivity (Wildman–Crippen MR) is 97.9 cm³/mol. The number of aliphatic hydroxyl groups excluding tert-OH is 1. The summed E-state index contributed by atoms with van der Waals surface area (Å²) in [5.41, 5.74) is 16.1. The Balaban J connectivity index is 1.51. The van der Waals surface area contributed by atoms with Gasteiger partial charge in [-0.2, -0.15) is 0 Å². The Labute approximate surface area is 145 Å². The SMILES string of the molecule is CC12CCC(c3ccc(C4CC(N)C(O)C(N)C4)cc3)(CC1)CC2. The minimum absolute atomic E-state index is 0.202. The Morgan fingerprint density at radius 1 is 0.875 bits per heavy atom. The molecule has 2 unspecified atom stereocenters. The second-order valence-corrected chi connectivity index (χ2v) is 9.20. The summed E-state index contributed by atoms with van der Waals surface area (Å²) in [6.07, 6.45) is 9.33. The lowest BCUT2D eigenvalue weighted by Crippen LogP contribution is -2.52. The molecule has 0 saturated heterocycles. The predicted octanol–water partition coefficient (Wildman–Crippen LogP) is 3.19. The molecule has 4 saturated carbocycles. The molecule has 2 bridgehead atoms. The number of hydrogen-bond acceptors (Lipinski definition) is 3. The van der Waals surface area contributed by atoms with Crippen LogP contribution in [0.5, 0.6) is 0 Å². The highest BCUT2D eigenvalue weighted by Crippen LogP contribution is 2.57. The van der Waals surface area contributed by atoms with E-state index in [4.69, 9.17) is 11.5 Å². The Morgan fingerprint density at radius 2 is 1.38 bits per heavy atom. The summed E-state index contributed by atoms with van der Waals surface area (Å²) in [5, 5.41) is 9.97. The topological polar surface area (TPSA) is 72.3 Å². The summed E-state index contributed by atoms with van der Waals surface area (Å²) in [5.74, 6) is 0.381. The number of benzene rings is 1. The van der Waals surface area contributed by atoms with Crippen LogP contribution in [0, 0.1) is 5.41 Å². The maximum absolute atomic E-state index is 9.97. The van der Waals surface area contributed by atoms with Crippen molar-refractivity contribution in [1.82, 2.24) is 0 Å². The van der Waals surface area contributed by atoms with Crippen LogP contribution in [-0.4, -0.2) is 23.3 Å². The zero-order valence-corrected chi connectivity index (χ0v) is 14.9. The molecule has 4 aliphatic carbocycles. The van der Waals surface area contributed by atoms with Crippen LogP contribution in [0.25, 0.3) is 0 Å². The van der Waals surface area contributed by atoms with Crippen molar-refractivity contribution in [3.05, 3.63) is 35.4 Å². The average molecular weight is 329 g/mol. The zero-order chi connectivity index (χ0) is 16.9. The van der Waals surface area contributed by atoms with Crippen LogP contribution in [-0.2, 0) is 5.41 Å². The van der Waals surface area contributed by atoms with Crippen LogP contribution in [0.15, 0.2) is 24.3 Å². The summed E-state index contributed by atoms with van der Waals surface area (Å²) in [4.78, 5) is 0. The first kappa shape index (κ1) is 16.6. The molecule has 0 radical (unpaired) electrons. The van der Waals surface area contributed by atoms with E-state index in [0.717, 1.165) is 12.8 Å². The lowest BCUT2D eigenvalue weighted by molar-refractivity contribution is 0.0556. The van der Waals surface area contributed by atoms with Crippen molar-refractivity contribution in [3.63, 3.8) is 0 Å². The first-order valence-electron chi connectivity index (χ1n) is 9.71. The van der Waals surface area contributed by atoms with E-state index in [9.17, 15) is 5.11 Å². The van der Waals surface area contributed by atoms with Crippen molar-refractivity contribution in [2.24, 2.45) is 16.9 Å². The highest BCUT2D eigenvalue weighted by molar-refractivity contribution is 5.33. The fraction of sp³-hybridized carbons (Fsp3) is 0.714. The highest BCUT2D eigenvalue weighted by atomic mass is 16.3. The molecule has 0 aliphatic heterocycles. The standard InChI is InChI=1S/C21H32N2O/c1-20-6-9-21(10-7-20,11-8-20)16-4-2-14(3-5-16)15-12-17(22)19(24)18(23)13-15/h2-5,15,17-19,24H,6-13,22-23H2,1H3. The molecule has 0 aromatic heterocycles. The molecule has 2 atom stereocenters. The van der Waals surface area contributed by atoms with Crippen LogP contribution in [0.3, 0.4) is 0 Å². The molecule has 3 heteroatoms. The molecule has 4 aliphatic rings. The van der Waals surface area contributed by atoms with Gasteiger partial charge in [-0.05, 0) is 79.2 Å². The van der Waals surface area contributed by atoms with Gasteiger partial charge in [-0.25, -0.2) is 0 Å². The molecule has 0 heterocycles. The summed E-state index contributed by atoms with van der Waals surface area (Å²) < 4.78 is 0. The molecule has 24 heavy (non-hydrogen) atoms. The Kier molecular flexibility index (Phi) is 4.02. The molecule has 5 rings (SSSR count). The molecule has 5 N–H and O–H groups in total. The molecule has 1 aromatic carbocycles. The Morgan fingerprint density at radius 3 is 1.88 bits per heavy atom. The average Bonchev–Trinajstić information content (AvgIpc) is 2.60. The first-order valence-corrected chi connectivity index (χ1v) is 9.71. The quantitative estimate of drug-likeness (QED) is 0.780. The lowest BCUT2D eigenvalue weighted by atomic mass is 9.52. The molecular formula is C21H32N2O. The van der Waals surface area contributed by atoms with Crippen LogP contribution in [0.2, 0.25) is 0 Å². The Hall–Kier alpha value is -0.900.